The summed E-state index contributed by atoms with van der Waals surface area (Å²) in [5.74, 6) is -0.0531. The highest BCUT2D eigenvalue weighted by Crippen LogP contribution is 2.22. The molecule has 0 saturated heterocycles. The Hall–Kier alpha value is -3.57. The summed E-state index contributed by atoms with van der Waals surface area (Å²) in [5.41, 5.74) is 3.18. The number of carbonyl (C=O) groups excluding carboxylic acids is 1. The van der Waals surface area contributed by atoms with Gasteiger partial charge in [-0.15, -0.1) is 0 Å². The number of anilines is 1. The lowest BCUT2D eigenvalue weighted by molar-refractivity contribution is -0.112. The van der Waals surface area contributed by atoms with E-state index < -0.39 is 5.91 Å². The number of benzene rings is 2. The first-order valence-electron chi connectivity index (χ1n) is 7.65. The lowest BCUT2D eigenvalue weighted by Crippen LogP contribution is -2.14. The maximum absolute atomic E-state index is 12.4. The lowest BCUT2D eigenvalue weighted by Gasteiger charge is -2.10. The van der Waals surface area contributed by atoms with E-state index in [9.17, 15) is 10.1 Å². The van der Waals surface area contributed by atoms with Crippen molar-refractivity contribution in [2.75, 3.05) is 11.9 Å². The third kappa shape index (κ3) is 4.46. The topological polar surface area (TPSA) is 85.9 Å². The molecule has 5 nitrogen and oxygen atoms in total. The summed E-state index contributed by atoms with van der Waals surface area (Å²) < 4.78 is 5.32. The number of para-hydroxylation sites is 1. The first-order chi connectivity index (χ1) is 12.1. The van der Waals surface area contributed by atoms with Crippen LogP contribution in [0.1, 0.15) is 16.7 Å². The summed E-state index contributed by atoms with van der Waals surface area (Å²) in [6, 6.07) is 16.3. The normalized spacial score (nSPS) is 10.5. The Labute approximate surface area is 146 Å². The number of nitrogens with zero attached hydrogens (tertiary/aromatic N) is 2. The fourth-order valence-electron chi connectivity index (χ4n) is 2.22. The Bertz CT molecular complexity index is 902. The van der Waals surface area contributed by atoms with Crippen molar-refractivity contribution in [2.24, 2.45) is 0 Å². The molecule has 25 heavy (non-hydrogen) atoms. The minimum Gasteiger partial charge on any atom is -0.478 e. The molecule has 2 aromatic rings. The number of hydrogen-bond acceptors (Lipinski definition) is 4. The van der Waals surface area contributed by atoms with Crippen LogP contribution in [0.5, 0.6) is 5.75 Å². The van der Waals surface area contributed by atoms with Crippen molar-refractivity contribution < 1.29 is 9.53 Å². The Morgan fingerprint density at radius 1 is 1.16 bits per heavy atom. The zero-order valence-corrected chi connectivity index (χ0v) is 14.0. The zero-order chi connectivity index (χ0) is 18.2. The van der Waals surface area contributed by atoms with E-state index in [1.54, 1.807) is 30.3 Å². The van der Waals surface area contributed by atoms with Crippen LogP contribution >= 0.6 is 0 Å². The number of amides is 1. The molecule has 0 bridgehead atoms. The molecule has 0 aliphatic carbocycles. The highest BCUT2D eigenvalue weighted by Gasteiger charge is 2.12. The molecule has 0 heterocycles. The van der Waals surface area contributed by atoms with Crippen molar-refractivity contribution in [3.05, 3.63) is 64.7 Å². The quantitative estimate of drug-likeness (QED) is 0.668. The molecule has 0 spiro atoms. The molecule has 2 aromatic carbocycles. The van der Waals surface area contributed by atoms with E-state index in [0.29, 0.717) is 17.0 Å². The fraction of sp³-hybridized carbons (Fsp3) is 0.150. The average molecular weight is 331 g/mol. The van der Waals surface area contributed by atoms with E-state index in [2.05, 4.69) is 5.32 Å². The van der Waals surface area contributed by atoms with E-state index in [1.165, 1.54) is 6.08 Å². The Kier molecular flexibility index (Phi) is 5.92. The summed E-state index contributed by atoms with van der Waals surface area (Å²) in [5, 5.41) is 20.8. The van der Waals surface area contributed by atoms with Crippen LogP contribution in [-0.4, -0.2) is 12.5 Å². The molecule has 0 saturated carbocycles. The number of aryl methyl sites for hydroxylation is 1. The van der Waals surface area contributed by atoms with Crippen LogP contribution in [0.3, 0.4) is 0 Å². The molecule has 0 fully saturated rings. The second-order valence-corrected chi connectivity index (χ2v) is 5.36. The first kappa shape index (κ1) is 17.8. The molecular weight excluding hydrogens is 314 g/mol. The van der Waals surface area contributed by atoms with Gasteiger partial charge >= 0.3 is 0 Å². The van der Waals surface area contributed by atoms with Crippen LogP contribution in [0, 0.1) is 36.5 Å². The van der Waals surface area contributed by atoms with Crippen LogP contribution in [0.4, 0.5) is 5.69 Å². The summed E-state index contributed by atoms with van der Waals surface area (Å²) in [6.45, 7) is 3.75. The van der Waals surface area contributed by atoms with Crippen LogP contribution in [0.15, 0.2) is 48.0 Å². The molecule has 0 aliphatic rings. The zero-order valence-electron chi connectivity index (χ0n) is 14.0. The van der Waals surface area contributed by atoms with E-state index in [-0.39, 0.29) is 12.2 Å². The second-order valence-electron chi connectivity index (χ2n) is 5.36. The molecule has 0 atom stereocenters. The van der Waals surface area contributed by atoms with Crippen molar-refractivity contribution in [1.82, 2.24) is 0 Å². The predicted molar refractivity (Wildman–Crippen MR) is 95.7 cm³/mol. The molecular formula is C20H17N3O2. The molecule has 0 aromatic heterocycles. The minimum absolute atomic E-state index is 0.0473. The molecule has 0 radical (unpaired) electrons. The minimum atomic E-state index is -0.494. The van der Waals surface area contributed by atoms with Gasteiger partial charge in [0.1, 0.15) is 23.5 Å². The SMILES string of the molecule is Cc1cccc(NC(=O)/C(C#N)=C/c2ccccc2OCC#N)c1C. The molecule has 0 aliphatic heterocycles. The average Bonchev–Trinajstić information content (AvgIpc) is 2.62. The van der Waals surface area contributed by atoms with Gasteiger partial charge in [0.15, 0.2) is 6.61 Å². The summed E-state index contributed by atoms with van der Waals surface area (Å²) in [7, 11) is 0. The fourth-order valence-corrected chi connectivity index (χ4v) is 2.22. The largest absolute Gasteiger partial charge is 0.478 e. The summed E-state index contributed by atoms with van der Waals surface area (Å²) in [4.78, 5) is 12.4. The van der Waals surface area contributed by atoms with Crippen LogP contribution in [-0.2, 0) is 4.79 Å². The molecule has 1 amide bonds. The van der Waals surface area contributed by atoms with Crippen molar-refractivity contribution in [1.29, 1.82) is 10.5 Å². The first-order valence-corrected chi connectivity index (χ1v) is 7.65. The maximum atomic E-state index is 12.4. The number of nitrogens with one attached hydrogen (secondary N) is 1. The number of ether oxygens (including phenoxy) is 1. The highest BCUT2D eigenvalue weighted by atomic mass is 16.5. The van der Waals surface area contributed by atoms with Crippen LogP contribution in [0.2, 0.25) is 0 Å². The lowest BCUT2D eigenvalue weighted by atomic mass is 10.1. The van der Waals surface area contributed by atoms with E-state index >= 15 is 0 Å². The number of nitriles is 2. The third-order valence-corrected chi connectivity index (χ3v) is 3.73. The number of hydrogen-bond donors (Lipinski definition) is 1. The van der Waals surface area contributed by atoms with E-state index in [4.69, 9.17) is 10.00 Å². The van der Waals surface area contributed by atoms with Gasteiger partial charge in [0.25, 0.3) is 5.91 Å². The van der Waals surface area contributed by atoms with Crippen molar-refractivity contribution in [3.8, 4) is 17.9 Å². The Balaban J connectivity index is 2.29. The second kappa shape index (κ2) is 8.33. The molecule has 2 rings (SSSR count). The van der Waals surface area contributed by atoms with Gasteiger partial charge in [-0.3, -0.25) is 4.79 Å². The molecule has 124 valence electrons. The van der Waals surface area contributed by atoms with Crippen LogP contribution < -0.4 is 10.1 Å². The van der Waals surface area contributed by atoms with Gasteiger partial charge in [0.05, 0.1) is 0 Å². The van der Waals surface area contributed by atoms with E-state index in [1.807, 2.05) is 38.1 Å². The van der Waals surface area contributed by atoms with Crippen molar-refractivity contribution >= 4 is 17.7 Å². The van der Waals surface area contributed by atoms with Gasteiger partial charge in [0, 0.05) is 11.3 Å². The molecule has 5 heteroatoms. The summed E-state index contributed by atoms with van der Waals surface area (Å²) >= 11 is 0. The monoisotopic (exact) mass is 331 g/mol. The number of rotatable bonds is 5. The molecule has 0 unspecified atom stereocenters. The standard InChI is InChI=1S/C20H17N3O2/c1-14-6-5-8-18(15(14)2)23-20(24)17(13-22)12-16-7-3-4-9-19(16)25-11-10-21/h3-9,12H,11H2,1-2H3,(H,23,24)/b17-12+. The predicted octanol–water partition coefficient (Wildman–Crippen LogP) is 3.75. The smallest absolute Gasteiger partial charge is 0.266 e. The van der Waals surface area contributed by atoms with Gasteiger partial charge in [0.2, 0.25) is 0 Å². The Morgan fingerprint density at radius 2 is 1.92 bits per heavy atom. The highest BCUT2D eigenvalue weighted by molar-refractivity contribution is 6.10. The van der Waals surface area contributed by atoms with Crippen LogP contribution in [0.25, 0.3) is 6.08 Å². The third-order valence-electron chi connectivity index (χ3n) is 3.73. The van der Waals surface area contributed by atoms with Crippen molar-refractivity contribution in [2.45, 2.75) is 13.8 Å². The van der Waals surface area contributed by atoms with Gasteiger partial charge < -0.3 is 10.1 Å². The Morgan fingerprint density at radius 3 is 2.64 bits per heavy atom. The van der Waals surface area contributed by atoms with Gasteiger partial charge in [-0.05, 0) is 43.2 Å². The maximum Gasteiger partial charge on any atom is 0.266 e. The van der Waals surface area contributed by atoms with Gasteiger partial charge in [-0.2, -0.15) is 10.5 Å². The molecule has 1 N–H and O–H groups in total. The number of carbonyl (C=O) groups is 1. The van der Waals surface area contributed by atoms with Gasteiger partial charge in [-0.1, -0.05) is 30.3 Å². The summed E-state index contributed by atoms with van der Waals surface area (Å²) in [6.07, 6.45) is 1.45. The van der Waals surface area contributed by atoms with Crippen molar-refractivity contribution in [3.63, 3.8) is 0 Å². The van der Waals surface area contributed by atoms with E-state index in [0.717, 1.165) is 11.1 Å². The van der Waals surface area contributed by atoms with Gasteiger partial charge in [-0.25, -0.2) is 0 Å².